The molecule has 0 aromatic carbocycles. The van der Waals surface area contributed by atoms with Crippen LogP contribution in [0.4, 0.5) is 0 Å². The van der Waals surface area contributed by atoms with E-state index in [2.05, 4.69) is 55.4 Å². The number of nitrogens with zero attached hydrogens (tertiary/aromatic N) is 2. The summed E-state index contributed by atoms with van der Waals surface area (Å²) >= 11 is 0. The summed E-state index contributed by atoms with van der Waals surface area (Å²) in [5.41, 5.74) is 0. The molecule has 0 aromatic rings. The van der Waals surface area contributed by atoms with Crippen molar-refractivity contribution in [3.05, 3.63) is 0 Å². The maximum atomic E-state index is 9.72. The van der Waals surface area contributed by atoms with Crippen LogP contribution in [-0.4, -0.2) is 98.8 Å². The number of quaternary nitrogens is 2. The van der Waals surface area contributed by atoms with E-state index >= 15 is 0 Å². The van der Waals surface area contributed by atoms with Crippen molar-refractivity contribution in [1.82, 2.24) is 0 Å². The molecule has 0 saturated heterocycles. The van der Waals surface area contributed by atoms with Crippen molar-refractivity contribution < 1.29 is 34.9 Å². The van der Waals surface area contributed by atoms with Gasteiger partial charge in [-0.05, 0) is 51.4 Å². The highest BCUT2D eigenvalue weighted by atomic mass is 32.2. The highest BCUT2D eigenvalue weighted by Crippen LogP contribution is 2.17. The zero-order chi connectivity index (χ0) is 34.4. The monoisotopic (exact) mass is 673 g/mol. The van der Waals surface area contributed by atoms with E-state index in [-0.39, 0.29) is 0 Å². The van der Waals surface area contributed by atoms with Gasteiger partial charge in [-0.2, -0.15) is 0 Å². The zero-order valence-corrected chi connectivity index (χ0v) is 32.2. The SMILES string of the molecule is CCCC[N+](CCCC)(CCCC)CCCC.CCCC[N+](CCCC)(CCCC)CCCC.O=S(=O)([O-])CCS(=O)(=O)[O-]. The largest absolute Gasteiger partial charge is 0.748 e. The van der Waals surface area contributed by atoms with E-state index in [0.717, 1.165) is 0 Å². The van der Waals surface area contributed by atoms with E-state index in [0.29, 0.717) is 0 Å². The van der Waals surface area contributed by atoms with Crippen molar-refractivity contribution in [3.8, 4) is 0 Å². The fourth-order valence-corrected chi connectivity index (χ4v) is 7.13. The zero-order valence-electron chi connectivity index (χ0n) is 30.5. The van der Waals surface area contributed by atoms with Gasteiger partial charge in [0.25, 0.3) is 0 Å². The van der Waals surface area contributed by atoms with Crippen molar-refractivity contribution in [2.75, 3.05) is 63.9 Å². The van der Waals surface area contributed by atoms with Crippen molar-refractivity contribution in [3.63, 3.8) is 0 Å². The molecule has 44 heavy (non-hydrogen) atoms. The Balaban J connectivity index is -0.000000594. The van der Waals surface area contributed by atoms with Gasteiger partial charge in [0.15, 0.2) is 0 Å². The van der Waals surface area contributed by atoms with Crippen LogP contribution in [0.1, 0.15) is 158 Å². The summed E-state index contributed by atoms with van der Waals surface area (Å²) in [6.07, 6.45) is 22.1. The molecular formula is C34H76N2O6S2. The first kappa shape index (κ1) is 48.1. The lowest BCUT2D eigenvalue weighted by molar-refractivity contribution is -0.929. The molecule has 10 heteroatoms. The van der Waals surface area contributed by atoms with Gasteiger partial charge < -0.3 is 18.1 Å². The summed E-state index contributed by atoms with van der Waals surface area (Å²) in [5, 5.41) is 0. The quantitative estimate of drug-likeness (QED) is 0.0644. The molecule has 0 unspecified atom stereocenters. The van der Waals surface area contributed by atoms with Crippen molar-refractivity contribution >= 4 is 20.2 Å². The van der Waals surface area contributed by atoms with Crippen LogP contribution in [0, 0.1) is 0 Å². The molecule has 0 fully saturated rings. The third-order valence-electron chi connectivity index (χ3n) is 8.47. The minimum Gasteiger partial charge on any atom is -0.748 e. The fourth-order valence-electron chi connectivity index (χ4n) is 5.49. The van der Waals surface area contributed by atoms with Gasteiger partial charge >= 0.3 is 0 Å². The third-order valence-corrected chi connectivity index (χ3v) is 10.1. The van der Waals surface area contributed by atoms with E-state index in [1.807, 2.05) is 0 Å². The first-order chi connectivity index (χ1) is 20.7. The van der Waals surface area contributed by atoms with Crippen LogP contribution >= 0.6 is 0 Å². The van der Waals surface area contributed by atoms with Gasteiger partial charge in [-0.1, -0.05) is 107 Å². The van der Waals surface area contributed by atoms with E-state index in [1.165, 1.54) is 164 Å². The first-order valence-electron chi connectivity index (χ1n) is 18.3. The molecule has 0 bridgehead atoms. The lowest BCUT2D eigenvalue weighted by Gasteiger charge is -2.39. The minimum absolute atomic E-state index is 1.15. The molecule has 0 N–H and O–H groups in total. The smallest absolute Gasteiger partial charge is 0.0955 e. The number of rotatable bonds is 27. The lowest BCUT2D eigenvalue weighted by Crippen LogP contribution is -2.50. The summed E-state index contributed by atoms with van der Waals surface area (Å²) in [7, 11) is -9.17. The summed E-state index contributed by atoms with van der Waals surface area (Å²) < 4.78 is 61.2. The Labute approximate surface area is 276 Å². The molecule has 0 aromatic heterocycles. The van der Waals surface area contributed by atoms with Gasteiger partial charge in [0, 0.05) is 0 Å². The average molecular weight is 673 g/mol. The summed E-state index contributed by atoms with van der Waals surface area (Å²) in [4.78, 5) is 0. The van der Waals surface area contributed by atoms with Gasteiger partial charge in [0.2, 0.25) is 0 Å². The molecule has 0 radical (unpaired) electrons. The Morgan fingerprint density at radius 2 is 0.477 bits per heavy atom. The Kier molecular flexibility index (Phi) is 32.9. The molecule has 0 aliphatic carbocycles. The minimum atomic E-state index is -4.59. The predicted molar refractivity (Wildman–Crippen MR) is 188 cm³/mol. The Hall–Kier alpha value is -0.260. The van der Waals surface area contributed by atoms with Crippen LogP contribution in [0.15, 0.2) is 0 Å². The molecule has 0 atom stereocenters. The van der Waals surface area contributed by atoms with Crippen LogP contribution < -0.4 is 0 Å². The van der Waals surface area contributed by atoms with E-state index < -0.39 is 31.7 Å². The van der Waals surface area contributed by atoms with Gasteiger partial charge in [-0.3, -0.25) is 0 Å². The molecular weight excluding hydrogens is 597 g/mol. The van der Waals surface area contributed by atoms with Crippen molar-refractivity contribution in [1.29, 1.82) is 0 Å². The van der Waals surface area contributed by atoms with Crippen molar-refractivity contribution in [2.45, 2.75) is 158 Å². The van der Waals surface area contributed by atoms with E-state index in [4.69, 9.17) is 0 Å². The summed E-state index contributed by atoms with van der Waals surface area (Å²) in [6, 6.07) is 0. The highest BCUT2D eigenvalue weighted by Gasteiger charge is 2.25. The molecule has 0 aliphatic heterocycles. The maximum Gasteiger partial charge on any atom is 0.0955 e. The van der Waals surface area contributed by atoms with Crippen LogP contribution in [0.5, 0.6) is 0 Å². The van der Waals surface area contributed by atoms with Gasteiger partial charge in [-0.15, -0.1) is 0 Å². The third kappa shape index (κ3) is 31.7. The van der Waals surface area contributed by atoms with Gasteiger partial charge in [0.1, 0.15) is 0 Å². The Morgan fingerprint density at radius 3 is 0.568 bits per heavy atom. The van der Waals surface area contributed by atoms with Crippen LogP contribution in [0.25, 0.3) is 0 Å². The molecule has 0 saturated carbocycles. The van der Waals surface area contributed by atoms with Crippen LogP contribution in [-0.2, 0) is 20.2 Å². The van der Waals surface area contributed by atoms with E-state index in [1.54, 1.807) is 0 Å². The van der Waals surface area contributed by atoms with Crippen LogP contribution in [0.2, 0.25) is 0 Å². The standard InChI is InChI=1S/2C16H36N.C2H6O6S2/c2*1-5-9-13-17(14-10-6-2,15-11-7-3)16-12-8-4;3-9(4,5)1-2-10(6,7)8/h2*5-16H2,1-4H3;1-2H2,(H,3,4,5)(H,6,7,8)/q2*+1;/p-2. The van der Waals surface area contributed by atoms with Crippen molar-refractivity contribution in [2.24, 2.45) is 0 Å². The molecule has 0 aliphatic rings. The highest BCUT2D eigenvalue weighted by molar-refractivity contribution is 7.89. The second-order valence-corrected chi connectivity index (χ2v) is 15.9. The Morgan fingerprint density at radius 1 is 0.341 bits per heavy atom. The van der Waals surface area contributed by atoms with Crippen LogP contribution in [0.3, 0.4) is 0 Å². The normalized spacial score (nSPS) is 12.3. The maximum absolute atomic E-state index is 9.72. The summed E-state index contributed by atoms with van der Waals surface area (Å²) in [6.45, 7) is 30.0. The Bertz CT molecular complexity index is 677. The molecule has 0 amide bonds. The average Bonchev–Trinajstić information content (AvgIpc) is 2.98. The topological polar surface area (TPSA) is 114 Å². The predicted octanol–water partition coefficient (Wildman–Crippen LogP) is 8.08. The second-order valence-electron chi connectivity index (χ2n) is 12.8. The molecule has 270 valence electrons. The van der Waals surface area contributed by atoms with E-state index in [9.17, 15) is 25.9 Å². The number of hydrogen-bond donors (Lipinski definition) is 0. The van der Waals surface area contributed by atoms with Gasteiger partial charge in [-0.25, -0.2) is 16.8 Å². The second kappa shape index (κ2) is 30.1. The molecule has 0 heterocycles. The fraction of sp³-hybridized carbons (Fsp3) is 1.00. The lowest BCUT2D eigenvalue weighted by atomic mass is 10.1. The molecule has 0 spiro atoms. The first-order valence-corrected chi connectivity index (χ1v) is 21.4. The number of unbranched alkanes of at least 4 members (excludes halogenated alkanes) is 8. The molecule has 8 nitrogen and oxygen atoms in total. The summed E-state index contributed by atoms with van der Waals surface area (Å²) in [5.74, 6) is -2.31. The van der Waals surface area contributed by atoms with Gasteiger partial charge in [0.05, 0.1) is 84.1 Å². The number of hydrogen-bond acceptors (Lipinski definition) is 6. The molecule has 0 rings (SSSR count).